The summed E-state index contributed by atoms with van der Waals surface area (Å²) in [4.78, 5) is 11.0. The second kappa shape index (κ2) is 5.20. The zero-order chi connectivity index (χ0) is 13.9. The highest BCUT2D eigenvalue weighted by atomic mass is 19.4. The molecule has 18 heavy (non-hydrogen) atoms. The average molecular weight is 261 g/mol. The molecule has 0 radical (unpaired) electrons. The lowest BCUT2D eigenvalue weighted by Crippen LogP contribution is -2.26. The molecule has 0 aromatic heterocycles. The number of halogens is 4. The van der Waals surface area contributed by atoms with Crippen LogP contribution in [0.3, 0.4) is 0 Å². The van der Waals surface area contributed by atoms with Gasteiger partial charge in [-0.1, -0.05) is 18.7 Å². The number of amides is 1. The molecule has 0 aliphatic rings. The van der Waals surface area contributed by atoms with E-state index in [2.05, 4.69) is 11.9 Å². The van der Waals surface area contributed by atoms with Crippen LogP contribution in [-0.4, -0.2) is 5.91 Å². The Morgan fingerprint density at radius 1 is 1.44 bits per heavy atom. The van der Waals surface area contributed by atoms with Gasteiger partial charge < -0.3 is 5.32 Å². The van der Waals surface area contributed by atoms with Gasteiger partial charge in [-0.3, -0.25) is 4.79 Å². The number of hydrogen-bond acceptors (Lipinski definition) is 1. The highest BCUT2D eigenvalue weighted by molar-refractivity contribution is 5.87. The molecule has 0 fully saturated rings. The Bertz CT molecular complexity index is 468. The molecular formula is C12H11F4NO. The van der Waals surface area contributed by atoms with E-state index in [4.69, 9.17) is 0 Å². The normalized spacial score (nSPS) is 12.9. The van der Waals surface area contributed by atoms with E-state index < -0.39 is 29.5 Å². The SMILES string of the molecule is C=CC(=O)N[C@@H](C)c1cccc(C(F)(F)F)c1F. The van der Waals surface area contributed by atoms with Crippen molar-refractivity contribution >= 4 is 5.91 Å². The van der Waals surface area contributed by atoms with Gasteiger partial charge in [0, 0.05) is 5.56 Å². The van der Waals surface area contributed by atoms with E-state index in [-0.39, 0.29) is 5.56 Å². The molecule has 0 heterocycles. The number of hydrogen-bond donors (Lipinski definition) is 1. The molecule has 0 saturated heterocycles. The van der Waals surface area contributed by atoms with E-state index in [1.165, 1.54) is 13.0 Å². The van der Waals surface area contributed by atoms with Gasteiger partial charge in [0.05, 0.1) is 11.6 Å². The van der Waals surface area contributed by atoms with Gasteiger partial charge in [0.2, 0.25) is 5.91 Å². The summed E-state index contributed by atoms with van der Waals surface area (Å²) < 4.78 is 51.1. The van der Waals surface area contributed by atoms with Gasteiger partial charge in [-0.05, 0) is 19.1 Å². The molecule has 0 aliphatic heterocycles. The third-order valence-electron chi connectivity index (χ3n) is 2.34. The van der Waals surface area contributed by atoms with Crippen molar-refractivity contribution in [2.75, 3.05) is 0 Å². The van der Waals surface area contributed by atoms with E-state index in [0.717, 1.165) is 12.1 Å². The van der Waals surface area contributed by atoms with E-state index >= 15 is 0 Å². The first-order valence-electron chi connectivity index (χ1n) is 5.06. The first-order chi connectivity index (χ1) is 8.27. The Labute approximate surface area is 101 Å². The Kier molecular flexibility index (Phi) is 4.11. The van der Waals surface area contributed by atoms with Crippen LogP contribution in [0.1, 0.15) is 24.1 Å². The molecule has 2 nitrogen and oxygen atoms in total. The predicted octanol–water partition coefficient (Wildman–Crippen LogP) is 3.21. The molecule has 1 rings (SSSR count). The van der Waals surface area contributed by atoms with Crippen LogP contribution in [0.5, 0.6) is 0 Å². The molecule has 0 bridgehead atoms. The molecule has 1 atom stereocenters. The standard InChI is InChI=1S/C12H11F4NO/c1-3-10(18)17-7(2)8-5-4-6-9(11(8)13)12(14,15)16/h3-7H,1H2,2H3,(H,17,18)/t7-/m0/s1. The van der Waals surface area contributed by atoms with Crippen LogP contribution in [0.25, 0.3) is 0 Å². The van der Waals surface area contributed by atoms with Gasteiger partial charge in [-0.2, -0.15) is 13.2 Å². The Morgan fingerprint density at radius 2 is 2.06 bits per heavy atom. The summed E-state index contributed by atoms with van der Waals surface area (Å²) in [5.41, 5.74) is -1.57. The van der Waals surface area contributed by atoms with E-state index in [0.29, 0.717) is 6.07 Å². The lowest BCUT2D eigenvalue weighted by Gasteiger charge is -2.16. The summed E-state index contributed by atoms with van der Waals surface area (Å²) in [5.74, 6) is -1.96. The summed E-state index contributed by atoms with van der Waals surface area (Å²) in [5, 5.41) is 2.30. The van der Waals surface area contributed by atoms with E-state index in [1.807, 2.05) is 0 Å². The highest BCUT2D eigenvalue weighted by Gasteiger charge is 2.35. The summed E-state index contributed by atoms with van der Waals surface area (Å²) in [6, 6.07) is 2.06. The molecule has 1 aromatic carbocycles. The molecule has 0 spiro atoms. The van der Waals surface area contributed by atoms with Crippen molar-refractivity contribution in [2.45, 2.75) is 19.1 Å². The highest BCUT2D eigenvalue weighted by Crippen LogP contribution is 2.33. The van der Waals surface area contributed by atoms with Gasteiger partial charge >= 0.3 is 6.18 Å². The fourth-order valence-corrected chi connectivity index (χ4v) is 1.45. The zero-order valence-corrected chi connectivity index (χ0v) is 9.51. The first-order valence-corrected chi connectivity index (χ1v) is 5.06. The molecule has 6 heteroatoms. The van der Waals surface area contributed by atoms with Crippen LogP contribution in [0.2, 0.25) is 0 Å². The molecule has 1 aromatic rings. The number of nitrogens with one attached hydrogen (secondary N) is 1. The molecule has 0 aliphatic carbocycles. The van der Waals surface area contributed by atoms with E-state index in [9.17, 15) is 22.4 Å². The Balaban J connectivity index is 3.11. The number of carbonyl (C=O) groups excluding carboxylic acids is 1. The average Bonchev–Trinajstić information content (AvgIpc) is 2.27. The smallest absolute Gasteiger partial charge is 0.346 e. The molecule has 0 saturated carbocycles. The molecular weight excluding hydrogens is 250 g/mol. The lowest BCUT2D eigenvalue weighted by atomic mass is 10.0. The van der Waals surface area contributed by atoms with E-state index in [1.54, 1.807) is 0 Å². The minimum Gasteiger partial charge on any atom is -0.346 e. The Hall–Kier alpha value is -1.85. The number of alkyl halides is 3. The van der Waals surface area contributed by atoms with Crippen LogP contribution in [0, 0.1) is 5.82 Å². The topological polar surface area (TPSA) is 29.1 Å². The molecule has 98 valence electrons. The molecule has 1 N–H and O–H groups in total. The van der Waals surface area contributed by atoms with Crippen molar-refractivity contribution < 1.29 is 22.4 Å². The molecule has 0 unspecified atom stereocenters. The number of carbonyl (C=O) groups is 1. The third-order valence-corrected chi connectivity index (χ3v) is 2.34. The van der Waals surface area contributed by atoms with Gasteiger partial charge in [0.25, 0.3) is 0 Å². The van der Waals surface area contributed by atoms with Crippen LogP contribution in [-0.2, 0) is 11.0 Å². The summed E-state index contributed by atoms with van der Waals surface area (Å²) in [6.07, 6.45) is -3.80. The monoisotopic (exact) mass is 261 g/mol. The van der Waals surface area contributed by atoms with Crippen molar-refractivity contribution in [3.63, 3.8) is 0 Å². The van der Waals surface area contributed by atoms with Gasteiger partial charge in [-0.15, -0.1) is 0 Å². The number of benzene rings is 1. The van der Waals surface area contributed by atoms with Crippen molar-refractivity contribution in [3.8, 4) is 0 Å². The van der Waals surface area contributed by atoms with Crippen LogP contribution < -0.4 is 5.32 Å². The largest absolute Gasteiger partial charge is 0.419 e. The maximum atomic E-state index is 13.7. The second-order valence-electron chi connectivity index (χ2n) is 3.64. The minimum absolute atomic E-state index is 0.222. The first kappa shape index (κ1) is 14.2. The second-order valence-corrected chi connectivity index (χ2v) is 3.64. The van der Waals surface area contributed by atoms with Crippen molar-refractivity contribution in [2.24, 2.45) is 0 Å². The van der Waals surface area contributed by atoms with Crippen molar-refractivity contribution in [3.05, 3.63) is 47.8 Å². The van der Waals surface area contributed by atoms with Crippen molar-refractivity contribution in [1.29, 1.82) is 0 Å². The summed E-state index contributed by atoms with van der Waals surface area (Å²) in [7, 11) is 0. The number of rotatable bonds is 3. The zero-order valence-electron chi connectivity index (χ0n) is 9.51. The quantitative estimate of drug-likeness (QED) is 0.657. The maximum Gasteiger partial charge on any atom is 0.419 e. The predicted molar refractivity (Wildman–Crippen MR) is 58.2 cm³/mol. The lowest BCUT2D eigenvalue weighted by molar-refractivity contribution is -0.140. The fraction of sp³-hybridized carbons (Fsp3) is 0.250. The van der Waals surface area contributed by atoms with Gasteiger partial charge in [0.1, 0.15) is 5.82 Å². The fourth-order valence-electron chi connectivity index (χ4n) is 1.45. The van der Waals surface area contributed by atoms with Crippen LogP contribution >= 0.6 is 0 Å². The van der Waals surface area contributed by atoms with Crippen molar-refractivity contribution in [1.82, 2.24) is 5.32 Å². The van der Waals surface area contributed by atoms with Gasteiger partial charge in [0.15, 0.2) is 0 Å². The minimum atomic E-state index is -4.76. The Morgan fingerprint density at radius 3 is 2.56 bits per heavy atom. The van der Waals surface area contributed by atoms with Gasteiger partial charge in [-0.25, -0.2) is 4.39 Å². The molecule has 1 amide bonds. The maximum absolute atomic E-state index is 13.7. The van der Waals surface area contributed by atoms with Crippen LogP contribution in [0.4, 0.5) is 17.6 Å². The summed E-state index contributed by atoms with van der Waals surface area (Å²) >= 11 is 0. The third kappa shape index (κ3) is 3.09. The van der Waals surface area contributed by atoms with Crippen LogP contribution in [0.15, 0.2) is 30.9 Å². The summed E-state index contributed by atoms with van der Waals surface area (Å²) in [6.45, 7) is 4.59.